The number of aryl methyl sites for hydroxylation is 1. The SMILES string of the molecule is [C-]#[N+]c1cc2cnn(CCCCC)c2cc1OC. The number of benzene rings is 1. The second-order valence-corrected chi connectivity index (χ2v) is 4.27. The third-order valence-corrected chi connectivity index (χ3v) is 3.04. The van der Waals surface area contributed by atoms with Gasteiger partial charge in [-0.3, -0.25) is 4.68 Å². The number of fused-ring (bicyclic) bond motifs is 1. The Bertz CT molecular complexity index is 580. The minimum absolute atomic E-state index is 0.540. The molecule has 2 aromatic rings. The van der Waals surface area contributed by atoms with Crippen LogP contribution in [0.5, 0.6) is 5.75 Å². The number of nitrogens with zero attached hydrogens (tertiary/aromatic N) is 3. The standard InChI is InChI=1S/C14H17N3O/c1-4-5-6-7-17-13-9-14(18-3)12(15-2)8-11(13)10-16-17/h8-10H,4-7H2,1,3H3. The van der Waals surface area contributed by atoms with E-state index in [1.54, 1.807) is 7.11 Å². The van der Waals surface area contributed by atoms with Crippen molar-refractivity contribution in [2.45, 2.75) is 32.7 Å². The molecule has 0 atom stereocenters. The van der Waals surface area contributed by atoms with Crippen molar-refractivity contribution < 1.29 is 4.74 Å². The normalized spacial score (nSPS) is 10.5. The molecule has 18 heavy (non-hydrogen) atoms. The molecule has 4 heteroatoms. The van der Waals surface area contributed by atoms with Crippen LogP contribution in [0.1, 0.15) is 26.2 Å². The van der Waals surface area contributed by atoms with Crippen LogP contribution in [0.2, 0.25) is 0 Å². The Morgan fingerprint density at radius 2 is 2.22 bits per heavy atom. The molecule has 0 saturated carbocycles. The summed E-state index contributed by atoms with van der Waals surface area (Å²) in [4.78, 5) is 3.46. The minimum atomic E-state index is 0.540. The van der Waals surface area contributed by atoms with Crippen LogP contribution in [-0.2, 0) is 6.54 Å². The van der Waals surface area contributed by atoms with Gasteiger partial charge in [-0.2, -0.15) is 5.10 Å². The van der Waals surface area contributed by atoms with Crippen LogP contribution in [-0.4, -0.2) is 16.9 Å². The highest BCUT2D eigenvalue weighted by molar-refractivity contribution is 5.86. The molecule has 0 spiro atoms. The van der Waals surface area contributed by atoms with Gasteiger partial charge in [-0.05, 0) is 18.6 Å². The van der Waals surface area contributed by atoms with E-state index < -0.39 is 0 Å². The summed E-state index contributed by atoms with van der Waals surface area (Å²) >= 11 is 0. The van der Waals surface area contributed by atoms with Gasteiger partial charge in [0.1, 0.15) is 5.75 Å². The molecule has 0 N–H and O–H groups in total. The molecule has 0 aliphatic rings. The number of unbranched alkanes of at least 4 members (excludes halogenated alkanes) is 2. The van der Waals surface area contributed by atoms with E-state index in [4.69, 9.17) is 11.3 Å². The molecule has 0 aliphatic carbocycles. The maximum atomic E-state index is 7.12. The van der Waals surface area contributed by atoms with Gasteiger partial charge in [-0.25, -0.2) is 4.85 Å². The fourth-order valence-electron chi connectivity index (χ4n) is 2.04. The number of ether oxygens (including phenoxy) is 1. The lowest BCUT2D eigenvalue weighted by atomic mass is 10.2. The van der Waals surface area contributed by atoms with Gasteiger partial charge in [0.15, 0.2) is 0 Å². The number of hydrogen-bond donors (Lipinski definition) is 0. The van der Waals surface area contributed by atoms with E-state index in [9.17, 15) is 0 Å². The molecule has 94 valence electrons. The summed E-state index contributed by atoms with van der Waals surface area (Å²) in [5.74, 6) is 0.620. The van der Waals surface area contributed by atoms with Crippen molar-refractivity contribution >= 4 is 16.6 Å². The van der Waals surface area contributed by atoms with Crippen LogP contribution < -0.4 is 4.74 Å². The van der Waals surface area contributed by atoms with Gasteiger partial charge in [0.2, 0.25) is 5.69 Å². The van der Waals surface area contributed by atoms with Crippen LogP contribution in [0.15, 0.2) is 18.3 Å². The number of rotatable bonds is 5. The smallest absolute Gasteiger partial charge is 0.228 e. The Kier molecular flexibility index (Phi) is 3.83. The fourth-order valence-corrected chi connectivity index (χ4v) is 2.04. The number of aromatic nitrogens is 2. The highest BCUT2D eigenvalue weighted by Gasteiger charge is 2.09. The molecule has 0 saturated heterocycles. The molecule has 0 radical (unpaired) electrons. The molecule has 1 aromatic heterocycles. The zero-order valence-corrected chi connectivity index (χ0v) is 10.8. The second-order valence-electron chi connectivity index (χ2n) is 4.27. The summed E-state index contributed by atoms with van der Waals surface area (Å²) in [5, 5.41) is 5.37. The Labute approximate surface area is 107 Å². The van der Waals surface area contributed by atoms with Gasteiger partial charge in [-0.15, -0.1) is 0 Å². The first-order valence-corrected chi connectivity index (χ1v) is 6.21. The average Bonchev–Trinajstić information content (AvgIpc) is 2.80. The van der Waals surface area contributed by atoms with Gasteiger partial charge >= 0.3 is 0 Å². The topological polar surface area (TPSA) is 31.4 Å². The van der Waals surface area contributed by atoms with E-state index >= 15 is 0 Å². The van der Waals surface area contributed by atoms with E-state index in [2.05, 4.69) is 16.9 Å². The summed E-state index contributed by atoms with van der Waals surface area (Å²) in [6, 6.07) is 3.74. The summed E-state index contributed by atoms with van der Waals surface area (Å²) < 4.78 is 7.23. The lowest BCUT2D eigenvalue weighted by Crippen LogP contribution is -1.99. The predicted octanol–water partition coefficient (Wildman–Crippen LogP) is 3.79. The largest absolute Gasteiger partial charge is 0.508 e. The summed E-state index contributed by atoms with van der Waals surface area (Å²) in [6.07, 6.45) is 5.35. The number of methoxy groups -OCH3 is 1. The fraction of sp³-hybridized carbons (Fsp3) is 0.429. The molecule has 0 amide bonds. The van der Waals surface area contributed by atoms with Gasteiger partial charge in [-0.1, -0.05) is 19.8 Å². The van der Waals surface area contributed by atoms with E-state index in [1.807, 2.05) is 23.0 Å². The first kappa shape index (κ1) is 12.4. The van der Waals surface area contributed by atoms with E-state index in [0.29, 0.717) is 11.4 Å². The summed E-state index contributed by atoms with van der Waals surface area (Å²) in [5.41, 5.74) is 1.58. The molecule has 0 fully saturated rings. The van der Waals surface area contributed by atoms with Crippen molar-refractivity contribution in [3.8, 4) is 5.75 Å². The van der Waals surface area contributed by atoms with Crippen molar-refractivity contribution in [1.82, 2.24) is 9.78 Å². The monoisotopic (exact) mass is 243 g/mol. The van der Waals surface area contributed by atoms with Crippen molar-refractivity contribution in [1.29, 1.82) is 0 Å². The summed E-state index contributed by atoms with van der Waals surface area (Å²) in [6.45, 7) is 10.2. The predicted molar refractivity (Wildman–Crippen MR) is 72.1 cm³/mol. The number of hydrogen-bond acceptors (Lipinski definition) is 2. The molecule has 1 heterocycles. The highest BCUT2D eigenvalue weighted by Crippen LogP contribution is 2.32. The quantitative estimate of drug-likeness (QED) is 0.591. The maximum absolute atomic E-state index is 7.12. The van der Waals surface area contributed by atoms with E-state index in [1.165, 1.54) is 12.8 Å². The first-order chi connectivity index (χ1) is 8.80. The molecule has 2 rings (SSSR count). The third-order valence-electron chi connectivity index (χ3n) is 3.04. The van der Waals surface area contributed by atoms with Crippen LogP contribution >= 0.6 is 0 Å². The van der Waals surface area contributed by atoms with Gasteiger partial charge in [0.05, 0.1) is 25.4 Å². The molecule has 0 unspecified atom stereocenters. The zero-order valence-electron chi connectivity index (χ0n) is 10.8. The van der Waals surface area contributed by atoms with E-state index in [-0.39, 0.29) is 0 Å². The van der Waals surface area contributed by atoms with E-state index in [0.717, 1.165) is 23.9 Å². The van der Waals surface area contributed by atoms with Gasteiger partial charge in [0.25, 0.3) is 0 Å². The molecular formula is C14H17N3O. The van der Waals surface area contributed by atoms with Crippen LogP contribution in [0, 0.1) is 6.57 Å². The average molecular weight is 243 g/mol. The lowest BCUT2D eigenvalue weighted by molar-refractivity contribution is 0.417. The van der Waals surface area contributed by atoms with Crippen molar-refractivity contribution in [2.24, 2.45) is 0 Å². The Morgan fingerprint density at radius 1 is 1.39 bits per heavy atom. The molecule has 0 aliphatic heterocycles. The Morgan fingerprint density at radius 3 is 2.89 bits per heavy atom. The van der Waals surface area contributed by atoms with Crippen molar-refractivity contribution in [3.63, 3.8) is 0 Å². The molecule has 1 aromatic carbocycles. The zero-order chi connectivity index (χ0) is 13.0. The van der Waals surface area contributed by atoms with Crippen LogP contribution in [0.3, 0.4) is 0 Å². The second kappa shape index (κ2) is 5.54. The molecular weight excluding hydrogens is 226 g/mol. The molecule has 0 bridgehead atoms. The Hall–Kier alpha value is -2.02. The van der Waals surface area contributed by atoms with Crippen molar-refractivity contribution in [3.05, 3.63) is 29.7 Å². The van der Waals surface area contributed by atoms with Crippen LogP contribution in [0.4, 0.5) is 5.69 Å². The van der Waals surface area contributed by atoms with Gasteiger partial charge < -0.3 is 4.74 Å². The van der Waals surface area contributed by atoms with Crippen LogP contribution in [0.25, 0.3) is 15.7 Å². The minimum Gasteiger partial charge on any atom is -0.508 e. The van der Waals surface area contributed by atoms with Gasteiger partial charge in [0, 0.05) is 11.9 Å². The third kappa shape index (κ3) is 2.30. The first-order valence-electron chi connectivity index (χ1n) is 6.21. The Balaban J connectivity index is 2.37. The molecule has 4 nitrogen and oxygen atoms in total. The highest BCUT2D eigenvalue weighted by atomic mass is 16.5. The summed E-state index contributed by atoms with van der Waals surface area (Å²) in [7, 11) is 1.59. The lowest BCUT2D eigenvalue weighted by Gasteiger charge is -2.06. The van der Waals surface area contributed by atoms with Crippen molar-refractivity contribution in [2.75, 3.05) is 7.11 Å². The maximum Gasteiger partial charge on any atom is 0.228 e.